The van der Waals surface area contributed by atoms with Gasteiger partial charge in [0.05, 0.1) is 11.5 Å². The molecule has 1 N–H and O–H groups in total. The number of hydrogen-bond donors (Lipinski definition) is 1. The van der Waals surface area contributed by atoms with Gasteiger partial charge in [0.2, 0.25) is 0 Å². The summed E-state index contributed by atoms with van der Waals surface area (Å²) in [6, 6.07) is 3.45. The summed E-state index contributed by atoms with van der Waals surface area (Å²) in [5.41, 5.74) is 0.653. The van der Waals surface area contributed by atoms with Crippen molar-refractivity contribution in [3.8, 4) is 5.75 Å². The first kappa shape index (κ1) is 15.5. The molecule has 0 unspecified atom stereocenters. The molecule has 0 fully saturated rings. The Morgan fingerprint density at radius 3 is 2.58 bits per heavy atom. The lowest BCUT2D eigenvalue weighted by molar-refractivity contribution is 0.0692. The second-order valence-electron chi connectivity index (χ2n) is 3.96. The third-order valence-electron chi connectivity index (χ3n) is 2.25. The van der Waals surface area contributed by atoms with Crippen LogP contribution in [0.15, 0.2) is 35.2 Å². The minimum absolute atomic E-state index is 0.0952. The van der Waals surface area contributed by atoms with Crippen molar-refractivity contribution in [3.63, 3.8) is 0 Å². The standard InChI is InChI=1S/C12H13ClO5S/c1-8(2)5-6-18-11-4-3-9(19(13,16)17)7-10(11)12(14)15/h3-4,7H,1,5-6H2,2H3,(H,14,15). The molecule has 0 spiro atoms. The van der Waals surface area contributed by atoms with Crippen LogP contribution in [-0.4, -0.2) is 26.1 Å². The molecular weight excluding hydrogens is 292 g/mol. The molecule has 0 aromatic heterocycles. The molecule has 7 heteroatoms. The highest BCUT2D eigenvalue weighted by molar-refractivity contribution is 8.13. The van der Waals surface area contributed by atoms with Gasteiger partial charge in [-0.1, -0.05) is 5.57 Å². The van der Waals surface area contributed by atoms with Crippen molar-refractivity contribution in [1.29, 1.82) is 0 Å². The summed E-state index contributed by atoms with van der Waals surface area (Å²) in [5.74, 6) is -1.19. The average Bonchev–Trinajstić information content (AvgIpc) is 2.27. The second-order valence-corrected chi connectivity index (χ2v) is 6.52. The van der Waals surface area contributed by atoms with E-state index in [1.165, 1.54) is 12.1 Å². The molecule has 0 amide bonds. The molecule has 0 heterocycles. The highest BCUT2D eigenvalue weighted by atomic mass is 35.7. The Morgan fingerprint density at radius 1 is 1.47 bits per heavy atom. The van der Waals surface area contributed by atoms with Crippen LogP contribution < -0.4 is 4.74 Å². The zero-order valence-electron chi connectivity index (χ0n) is 10.2. The molecule has 5 nitrogen and oxygen atoms in total. The maximum absolute atomic E-state index is 11.1. The van der Waals surface area contributed by atoms with Crippen LogP contribution in [0.4, 0.5) is 0 Å². The van der Waals surface area contributed by atoms with E-state index in [0.717, 1.165) is 11.6 Å². The number of carboxylic acid groups (broad SMARTS) is 1. The minimum Gasteiger partial charge on any atom is -0.492 e. The van der Waals surface area contributed by atoms with E-state index in [2.05, 4.69) is 6.58 Å². The summed E-state index contributed by atoms with van der Waals surface area (Å²) in [6.07, 6.45) is 0.578. The Hall–Kier alpha value is -1.53. The second kappa shape index (κ2) is 6.08. The van der Waals surface area contributed by atoms with Gasteiger partial charge >= 0.3 is 5.97 Å². The van der Waals surface area contributed by atoms with Crippen LogP contribution in [-0.2, 0) is 9.05 Å². The van der Waals surface area contributed by atoms with Crippen molar-refractivity contribution < 1.29 is 23.1 Å². The molecule has 104 valence electrons. The average molecular weight is 305 g/mol. The molecule has 0 aliphatic heterocycles. The van der Waals surface area contributed by atoms with Gasteiger partial charge < -0.3 is 9.84 Å². The Morgan fingerprint density at radius 2 is 2.11 bits per heavy atom. The first-order valence-electron chi connectivity index (χ1n) is 5.31. The molecule has 1 rings (SSSR count). The van der Waals surface area contributed by atoms with Crippen LogP contribution in [0.2, 0.25) is 0 Å². The largest absolute Gasteiger partial charge is 0.492 e. The highest BCUT2D eigenvalue weighted by Gasteiger charge is 2.17. The highest BCUT2D eigenvalue weighted by Crippen LogP contribution is 2.25. The van der Waals surface area contributed by atoms with Crippen LogP contribution in [0.25, 0.3) is 0 Å². The smallest absolute Gasteiger partial charge is 0.339 e. The summed E-state index contributed by atoms with van der Waals surface area (Å²) in [4.78, 5) is 10.8. The molecule has 1 aromatic rings. The molecular formula is C12H13ClO5S. The Bertz CT molecular complexity index is 607. The molecule has 0 saturated carbocycles. The zero-order valence-corrected chi connectivity index (χ0v) is 11.8. The predicted octanol–water partition coefficient (Wildman–Crippen LogP) is 2.66. The van der Waals surface area contributed by atoms with Crippen LogP contribution in [0.5, 0.6) is 5.75 Å². The van der Waals surface area contributed by atoms with Crippen LogP contribution in [0, 0.1) is 0 Å². The van der Waals surface area contributed by atoms with Gasteiger partial charge in [-0.15, -0.1) is 6.58 Å². The zero-order chi connectivity index (χ0) is 14.6. The SMILES string of the molecule is C=C(C)CCOc1ccc(S(=O)(=O)Cl)cc1C(=O)O. The number of hydrogen-bond acceptors (Lipinski definition) is 4. The van der Waals surface area contributed by atoms with Gasteiger partial charge in [-0.05, 0) is 25.1 Å². The molecule has 0 aliphatic rings. The van der Waals surface area contributed by atoms with Crippen LogP contribution in [0.3, 0.4) is 0 Å². The quantitative estimate of drug-likeness (QED) is 0.645. The molecule has 0 aliphatic carbocycles. The number of rotatable bonds is 6. The molecule has 0 radical (unpaired) electrons. The fourth-order valence-corrected chi connectivity index (χ4v) is 2.07. The van der Waals surface area contributed by atoms with E-state index in [-0.39, 0.29) is 22.8 Å². The Balaban J connectivity index is 3.06. The molecule has 19 heavy (non-hydrogen) atoms. The predicted molar refractivity (Wildman–Crippen MR) is 71.4 cm³/mol. The Labute approximate surface area is 115 Å². The van der Waals surface area contributed by atoms with Gasteiger partial charge in [0.15, 0.2) is 0 Å². The van der Waals surface area contributed by atoms with E-state index in [1.54, 1.807) is 0 Å². The third kappa shape index (κ3) is 4.57. The van der Waals surface area contributed by atoms with Gasteiger partial charge in [-0.25, -0.2) is 13.2 Å². The van der Waals surface area contributed by atoms with Gasteiger partial charge in [-0.3, -0.25) is 0 Å². The van der Waals surface area contributed by atoms with Gasteiger partial charge in [-0.2, -0.15) is 0 Å². The summed E-state index contributed by atoms with van der Waals surface area (Å²) in [7, 11) is 1.19. The number of benzene rings is 1. The first-order chi connectivity index (χ1) is 8.71. The van der Waals surface area contributed by atoms with Gasteiger partial charge in [0.25, 0.3) is 9.05 Å². The van der Waals surface area contributed by atoms with Crippen molar-refractivity contribution in [1.82, 2.24) is 0 Å². The van der Waals surface area contributed by atoms with Crippen molar-refractivity contribution in [2.75, 3.05) is 6.61 Å². The first-order valence-corrected chi connectivity index (χ1v) is 7.62. The number of ether oxygens (including phenoxy) is 1. The Kier molecular flexibility index (Phi) is 4.97. The van der Waals surface area contributed by atoms with E-state index >= 15 is 0 Å². The van der Waals surface area contributed by atoms with E-state index in [1.807, 2.05) is 6.92 Å². The lowest BCUT2D eigenvalue weighted by Crippen LogP contribution is -2.06. The fraction of sp³-hybridized carbons (Fsp3) is 0.250. The lowest BCUT2D eigenvalue weighted by atomic mass is 10.2. The molecule has 0 bridgehead atoms. The maximum atomic E-state index is 11.1. The van der Waals surface area contributed by atoms with E-state index in [4.69, 9.17) is 20.5 Å². The van der Waals surface area contributed by atoms with Crippen molar-refractivity contribution in [3.05, 3.63) is 35.9 Å². The topological polar surface area (TPSA) is 80.7 Å². The van der Waals surface area contributed by atoms with Crippen molar-refractivity contribution >= 4 is 25.7 Å². The van der Waals surface area contributed by atoms with E-state index < -0.39 is 15.0 Å². The van der Waals surface area contributed by atoms with E-state index in [9.17, 15) is 13.2 Å². The van der Waals surface area contributed by atoms with Gasteiger partial charge in [0.1, 0.15) is 11.3 Å². The lowest BCUT2D eigenvalue weighted by Gasteiger charge is -2.10. The van der Waals surface area contributed by atoms with Crippen LogP contribution >= 0.6 is 10.7 Å². The third-order valence-corrected chi connectivity index (χ3v) is 3.60. The van der Waals surface area contributed by atoms with Crippen molar-refractivity contribution in [2.24, 2.45) is 0 Å². The summed E-state index contributed by atoms with van der Waals surface area (Å²) in [6.45, 7) is 5.79. The molecule has 1 aromatic carbocycles. The summed E-state index contributed by atoms with van der Waals surface area (Å²) >= 11 is 0. The monoisotopic (exact) mass is 304 g/mol. The van der Waals surface area contributed by atoms with E-state index in [0.29, 0.717) is 6.42 Å². The number of halogens is 1. The number of carbonyl (C=O) groups is 1. The minimum atomic E-state index is -3.97. The summed E-state index contributed by atoms with van der Waals surface area (Å²) in [5, 5.41) is 9.03. The normalized spacial score (nSPS) is 11.1. The summed E-state index contributed by atoms with van der Waals surface area (Å²) < 4.78 is 27.6. The molecule has 0 saturated heterocycles. The van der Waals surface area contributed by atoms with Crippen molar-refractivity contribution in [2.45, 2.75) is 18.2 Å². The van der Waals surface area contributed by atoms with Gasteiger partial charge in [0, 0.05) is 17.1 Å². The molecule has 0 atom stereocenters. The number of carboxylic acids is 1. The number of aromatic carboxylic acids is 1. The maximum Gasteiger partial charge on any atom is 0.339 e. The fourth-order valence-electron chi connectivity index (χ4n) is 1.29. The van der Waals surface area contributed by atoms with Crippen LogP contribution in [0.1, 0.15) is 23.7 Å².